The summed E-state index contributed by atoms with van der Waals surface area (Å²) in [4.78, 5) is 13.6. The molecule has 5 rings (SSSR count). The Bertz CT molecular complexity index is 1550. The van der Waals surface area contributed by atoms with E-state index in [1.165, 1.54) is 6.07 Å². The van der Waals surface area contributed by atoms with Gasteiger partial charge in [0.2, 0.25) is 17.5 Å². The molecule has 2 aromatic carbocycles. The van der Waals surface area contributed by atoms with Crippen LogP contribution < -0.4 is 10.2 Å². The van der Waals surface area contributed by atoms with E-state index < -0.39 is 120 Å². The molecule has 2 saturated heterocycles. The second-order valence-corrected chi connectivity index (χ2v) is 10.3. The van der Waals surface area contributed by atoms with Gasteiger partial charge in [0.1, 0.15) is 71.3 Å². The van der Waals surface area contributed by atoms with Crippen LogP contribution in [-0.4, -0.2) is 131 Å². The monoisotopic (exact) mass is 626 g/mol. The van der Waals surface area contributed by atoms with Gasteiger partial charge in [-0.15, -0.1) is 0 Å². The topological polar surface area (TPSA) is 290 Å². The average molecular weight is 627 g/mol. The molecule has 10 atom stereocenters. The molecule has 3 heterocycles. The average Bonchev–Trinajstić information content (AvgIpc) is 2.98. The van der Waals surface area contributed by atoms with E-state index in [1.54, 1.807) is 0 Å². The highest BCUT2D eigenvalue weighted by Crippen LogP contribution is 2.39. The fraction of sp³-hybridized carbons (Fsp3) is 0.444. The van der Waals surface area contributed by atoms with Crippen molar-refractivity contribution in [2.75, 3.05) is 13.2 Å². The zero-order valence-corrected chi connectivity index (χ0v) is 22.4. The maximum Gasteiger partial charge on any atom is 0.239 e. The van der Waals surface area contributed by atoms with Gasteiger partial charge in [-0.05, 0) is 18.2 Å². The molecule has 1 aromatic heterocycles. The quantitative estimate of drug-likeness (QED) is 0.119. The van der Waals surface area contributed by atoms with Crippen molar-refractivity contribution in [3.8, 4) is 40.1 Å². The predicted octanol–water partition coefficient (Wildman–Crippen LogP) is -2.71. The molecule has 0 aliphatic carbocycles. The highest BCUT2D eigenvalue weighted by molar-refractivity contribution is 5.88. The van der Waals surface area contributed by atoms with Crippen molar-refractivity contribution in [1.29, 1.82) is 0 Å². The molecule has 17 heteroatoms. The molecule has 44 heavy (non-hydrogen) atoms. The lowest BCUT2D eigenvalue weighted by Gasteiger charge is -2.45. The third kappa shape index (κ3) is 5.61. The maximum atomic E-state index is 13.6. The molecule has 0 amide bonds. The number of hydrogen-bond donors (Lipinski definition) is 11. The van der Waals surface area contributed by atoms with Gasteiger partial charge >= 0.3 is 0 Å². The minimum absolute atomic E-state index is 0.0504. The lowest BCUT2D eigenvalue weighted by atomic mass is 9.97. The number of aliphatic hydroxyl groups is 7. The van der Waals surface area contributed by atoms with Gasteiger partial charge in [0.15, 0.2) is 23.5 Å². The fourth-order valence-electron chi connectivity index (χ4n) is 5.00. The number of aromatic hydroxyl groups is 4. The summed E-state index contributed by atoms with van der Waals surface area (Å²) in [6.07, 6.45) is -17.7. The van der Waals surface area contributed by atoms with E-state index in [0.717, 1.165) is 24.3 Å². The molecule has 3 aromatic rings. The van der Waals surface area contributed by atoms with Crippen LogP contribution in [0.15, 0.2) is 39.5 Å². The third-order valence-electron chi connectivity index (χ3n) is 7.35. The normalized spacial score (nSPS) is 32.5. The van der Waals surface area contributed by atoms with Crippen LogP contribution in [0.4, 0.5) is 0 Å². The van der Waals surface area contributed by atoms with Crippen LogP contribution in [0.25, 0.3) is 22.3 Å². The summed E-state index contributed by atoms with van der Waals surface area (Å²) in [5, 5.41) is 111. The van der Waals surface area contributed by atoms with Crippen LogP contribution in [-0.2, 0) is 14.2 Å². The summed E-state index contributed by atoms with van der Waals surface area (Å²) in [5.41, 5.74) is -1.41. The summed E-state index contributed by atoms with van der Waals surface area (Å²) in [5.74, 6) is -3.44. The Morgan fingerprint density at radius 3 is 2.02 bits per heavy atom. The van der Waals surface area contributed by atoms with Gasteiger partial charge in [-0.25, -0.2) is 0 Å². The second-order valence-electron chi connectivity index (χ2n) is 10.3. The molecule has 0 saturated carbocycles. The Kier molecular flexibility index (Phi) is 8.87. The van der Waals surface area contributed by atoms with Gasteiger partial charge in [0.25, 0.3) is 0 Å². The van der Waals surface area contributed by atoms with Gasteiger partial charge in [-0.1, -0.05) is 0 Å². The van der Waals surface area contributed by atoms with Crippen LogP contribution in [0.5, 0.6) is 28.7 Å². The van der Waals surface area contributed by atoms with Gasteiger partial charge in [0, 0.05) is 17.7 Å². The molecule has 2 aliphatic rings. The number of fused-ring (bicyclic) bond motifs is 1. The van der Waals surface area contributed by atoms with Gasteiger partial charge in [-0.3, -0.25) is 4.79 Å². The van der Waals surface area contributed by atoms with E-state index in [9.17, 15) is 61.0 Å². The van der Waals surface area contributed by atoms with Crippen molar-refractivity contribution in [2.24, 2.45) is 0 Å². The zero-order chi connectivity index (χ0) is 32.0. The van der Waals surface area contributed by atoms with Crippen molar-refractivity contribution in [2.45, 2.75) is 61.4 Å². The number of hydrogen-bond acceptors (Lipinski definition) is 17. The highest BCUT2D eigenvalue weighted by atomic mass is 16.7. The Hall–Kier alpha value is -3.75. The van der Waals surface area contributed by atoms with Crippen LogP contribution in [0.2, 0.25) is 0 Å². The SMILES string of the molecule is O=c1c(O[C@@H]2O[C@H](CO)[C@H](O[C@@H]3O[C@H](CO)[C@@H](O)[C@H](O)[C@H]3O)[C@H](O)[C@H]2O)c(-c2ccc(O)c(O)c2)oc2cc(O)cc(O)c12. The van der Waals surface area contributed by atoms with E-state index in [0.29, 0.717) is 0 Å². The molecular weight excluding hydrogens is 596 g/mol. The highest BCUT2D eigenvalue weighted by Gasteiger charge is 2.51. The first kappa shape index (κ1) is 31.7. The summed E-state index contributed by atoms with van der Waals surface area (Å²) >= 11 is 0. The van der Waals surface area contributed by atoms with Crippen molar-refractivity contribution < 1.29 is 79.5 Å². The smallest absolute Gasteiger partial charge is 0.239 e. The number of rotatable bonds is 7. The van der Waals surface area contributed by atoms with Crippen molar-refractivity contribution in [3.63, 3.8) is 0 Å². The van der Waals surface area contributed by atoms with Crippen LogP contribution in [0, 0.1) is 0 Å². The molecule has 0 spiro atoms. The molecule has 240 valence electrons. The lowest BCUT2D eigenvalue weighted by Crippen LogP contribution is -2.65. The molecule has 2 aliphatic heterocycles. The number of phenolic OH excluding ortho intramolecular Hbond substituents is 4. The second kappa shape index (κ2) is 12.3. The largest absolute Gasteiger partial charge is 0.508 e. The molecule has 2 fully saturated rings. The van der Waals surface area contributed by atoms with Crippen molar-refractivity contribution in [1.82, 2.24) is 0 Å². The lowest BCUT2D eigenvalue weighted by molar-refractivity contribution is -0.352. The standard InChI is InChI=1S/C27H30O17/c28-6-14-17(34)19(36)21(38)26(41-14)43-24-15(7-29)42-27(22(39)20(24)37)44-25-18(35)16-12(33)4-9(30)5-13(16)40-23(25)8-1-2-10(31)11(32)3-8/h1-5,14-15,17,19-22,24,26-34,36-39H,6-7H2/t14-,15-,17-,19+,20-,21-,22-,24+,26+,27+/m1/s1. The maximum absolute atomic E-state index is 13.6. The van der Waals surface area contributed by atoms with Gasteiger partial charge in [0.05, 0.1) is 13.2 Å². The Morgan fingerprint density at radius 2 is 1.36 bits per heavy atom. The molecule has 11 N–H and O–H groups in total. The predicted molar refractivity (Wildman–Crippen MR) is 142 cm³/mol. The fourth-order valence-corrected chi connectivity index (χ4v) is 5.00. The molecule has 17 nitrogen and oxygen atoms in total. The summed E-state index contributed by atoms with van der Waals surface area (Å²) in [7, 11) is 0. The van der Waals surface area contributed by atoms with Gasteiger partial charge in [-0.2, -0.15) is 0 Å². The van der Waals surface area contributed by atoms with E-state index in [4.69, 9.17) is 23.4 Å². The zero-order valence-electron chi connectivity index (χ0n) is 22.4. The van der Waals surface area contributed by atoms with Gasteiger partial charge < -0.3 is 79.5 Å². The first-order valence-corrected chi connectivity index (χ1v) is 13.2. The Labute approximate surface area is 246 Å². The van der Waals surface area contributed by atoms with Crippen LogP contribution in [0.1, 0.15) is 0 Å². The minimum Gasteiger partial charge on any atom is -0.508 e. The number of aliphatic hydroxyl groups excluding tert-OH is 7. The molecule has 0 bridgehead atoms. The molecule has 0 radical (unpaired) electrons. The summed E-state index contributed by atoms with van der Waals surface area (Å²) < 4.78 is 27.8. The van der Waals surface area contributed by atoms with Crippen molar-refractivity contribution >= 4 is 11.0 Å². The van der Waals surface area contributed by atoms with E-state index in [-0.39, 0.29) is 11.1 Å². The summed E-state index contributed by atoms with van der Waals surface area (Å²) in [6, 6.07) is 5.17. The van der Waals surface area contributed by atoms with Crippen molar-refractivity contribution in [3.05, 3.63) is 40.6 Å². The van der Waals surface area contributed by atoms with Crippen LogP contribution in [0.3, 0.4) is 0 Å². The van der Waals surface area contributed by atoms with Crippen LogP contribution >= 0.6 is 0 Å². The van der Waals surface area contributed by atoms with E-state index in [2.05, 4.69) is 0 Å². The number of ether oxygens (including phenoxy) is 4. The first-order chi connectivity index (χ1) is 20.9. The number of phenols is 4. The van der Waals surface area contributed by atoms with E-state index >= 15 is 0 Å². The minimum atomic E-state index is -2.04. The third-order valence-corrected chi connectivity index (χ3v) is 7.35. The first-order valence-electron chi connectivity index (χ1n) is 13.2. The Balaban J connectivity index is 1.49. The summed E-state index contributed by atoms with van der Waals surface area (Å²) in [6.45, 7) is -1.67. The number of benzene rings is 2. The van der Waals surface area contributed by atoms with E-state index in [1.807, 2.05) is 0 Å². The Morgan fingerprint density at radius 1 is 0.705 bits per heavy atom. The molecule has 0 unspecified atom stereocenters. The molecular formula is C27H30O17.